The third-order valence-corrected chi connectivity index (χ3v) is 3.15. The molecule has 0 radical (unpaired) electrons. The number of nitrogens with one attached hydrogen (secondary N) is 2. The van der Waals surface area contributed by atoms with Crippen molar-refractivity contribution in [2.24, 2.45) is 0 Å². The molecular formula is C13H12F2N2OS. The topological polar surface area (TPSA) is 41.1 Å². The first kappa shape index (κ1) is 13.6. The number of anilines is 1. The summed E-state index contributed by atoms with van der Waals surface area (Å²) in [5, 5.41) is 9.00. The largest absolute Gasteiger partial charge is 0.320 e. The normalized spacial score (nSPS) is 10.4. The summed E-state index contributed by atoms with van der Waals surface area (Å²) < 4.78 is 26.6. The monoisotopic (exact) mass is 282 g/mol. The van der Waals surface area contributed by atoms with Gasteiger partial charge in [0.05, 0.1) is 6.54 Å². The molecule has 0 bridgehead atoms. The van der Waals surface area contributed by atoms with E-state index in [0.717, 1.165) is 17.7 Å². The first-order valence-corrected chi connectivity index (χ1v) is 6.57. The van der Waals surface area contributed by atoms with Gasteiger partial charge in [-0.2, -0.15) is 11.3 Å². The number of halogens is 2. The number of rotatable bonds is 5. The average Bonchev–Trinajstić information content (AvgIpc) is 2.87. The number of benzene rings is 1. The van der Waals surface area contributed by atoms with Crippen molar-refractivity contribution in [3.05, 3.63) is 52.2 Å². The minimum absolute atomic E-state index is 0.0103. The lowest BCUT2D eigenvalue weighted by atomic mass is 10.3. The number of hydrogen-bond donors (Lipinski definition) is 2. The molecule has 2 N–H and O–H groups in total. The standard InChI is InChI=1S/C13H12F2N2OS/c14-10-2-1-3-11(15)13(10)17-12(18)7-16-6-9-4-5-19-8-9/h1-5,8,16H,6-7H2,(H,17,18). The number of thiophene rings is 1. The van der Waals surface area contributed by atoms with Gasteiger partial charge in [-0.15, -0.1) is 0 Å². The molecular weight excluding hydrogens is 270 g/mol. The Morgan fingerprint density at radius 1 is 1.21 bits per heavy atom. The predicted octanol–water partition coefficient (Wildman–Crippen LogP) is 2.75. The highest BCUT2D eigenvalue weighted by Gasteiger charge is 2.11. The molecule has 0 saturated heterocycles. The van der Waals surface area contributed by atoms with E-state index in [4.69, 9.17) is 0 Å². The lowest BCUT2D eigenvalue weighted by Gasteiger charge is -2.08. The number of hydrogen-bond acceptors (Lipinski definition) is 3. The SMILES string of the molecule is O=C(CNCc1ccsc1)Nc1c(F)cccc1F. The van der Waals surface area contributed by atoms with Crippen LogP contribution in [0.1, 0.15) is 5.56 Å². The fraction of sp³-hybridized carbons (Fsp3) is 0.154. The zero-order chi connectivity index (χ0) is 13.7. The van der Waals surface area contributed by atoms with Crippen molar-refractivity contribution in [1.82, 2.24) is 5.32 Å². The highest BCUT2D eigenvalue weighted by Crippen LogP contribution is 2.17. The van der Waals surface area contributed by atoms with Gasteiger partial charge in [-0.1, -0.05) is 6.07 Å². The van der Waals surface area contributed by atoms with Crippen molar-refractivity contribution in [1.29, 1.82) is 0 Å². The van der Waals surface area contributed by atoms with Gasteiger partial charge < -0.3 is 10.6 Å². The first-order valence-electron chi connectivity index (χ1n) is 5.62. The van der Waals surface area contributed by atoms with Crippen LogP contribution < -0.4 is 10.6 Å². The molecule has 6 heteroatoms. The number of carbonyl (C=O) groups is 1. The van der Waals surface area contributed by atoms with Crippen molar-refractivity contribution in [2.45, 2.75) is 6.54 Å². The van der Waals surface area contributed by atoms with Gasteiger partial charge in [0.15, 0.2) is 0 Å². The van der Waals surface area contributed by atoms with E-state index in [-0.39, 0.29) is 6.54 Å². The van der Waals surface area contributed by atoms with Crippen LogP contribution in [0, 0.1) is 11.6 Å². The molecule has 0 aliphatic carbocycles. The van der Waals surface area contributed by atoms with E-state index >= 15 is 0 Å². The molecule has 1 aromatic heterocycles. The molecule has 0 atom stereocenters. The molecule has 0 fully saturated rings. The predicted molar refractivity (Wildman–Crippen MR) is 71.0 cm³/mol. The molecule has 0 saturated carbocycles. The van der Waals surface area contributed by atoms with Gasteiger partial charge >= 0.3 is 0 Å². The summed E-state index contributed by atoms with van der Waals surface area (Å²) in [6, 6.07) is 5.37. The van der Waals surface area contributed by atoms with Gasteiger partial charge in [-0.05, 0) is 34.5 Å². The third-order valence-electron chi connectivity index (χ3n) is 2.42. The molecule has 2 rings (SSSR count). The Balaban J connectivity index is 1.84. The number of para-hydroxylation sites is 1. The highest BCUT2D eigenvalue weighted by atomic mass is 32.1. The minimum atomic E-state index is -0.786. The van der Waals surface area contributed by atoms with Gasteiger partial charge in [0.25, 0.3) is 0 Å². The Kier molecular flexibility index (Phi) is 4.59. The Labute approximate surface area is 113 Å². The fourth-order valence-electron chi connectivity index (χ4n) is 1.51. The molecule has 1 amide bonds. The highest BCUT2D eigenvalue weighted by molar-refractivity contribution is 7.07. The maximum atomic E-state index is 13.3. The van der Waals surface area contributed by atoms with Crippen molar-refractivity contribution >= 4 is 22.9 Å². The van der Waals surface area contributed by atoms with Crippen molar-refractivity contribution < 1.29 is 13.6 Å². The van der Waals surface area contributed by atoms with Crippen LogP contribution in [-0.2, 0) is 11.3 Å². The van der Waals surface area contributed by atoms with Crippen LogP contribution in [0.4, 0.5) is 14.5 Å². The van der Waals surface area contributed by atoms with Crippen LogP contribution in [0.3, 0.4) is 0 Å². The summed E-state index contributed by atoms with van der Waals surface area (Å²) in [4.78, 5) is 11.5. The zero-order valence-electron chi connectivity index (χ0n) is 9.95. The van der Waals surface area contributed by atoms with Gasteiger partial charge in [-0.25, -0.2) is 8.78 Å². The summed E-state index contributed by atoms with van der Waals surface area (Å²) >= 11 is 1.57. The van der Waals surface area contributed by atoms with E-state index in [0.29, 0.717) is 6.54 Å². The van der Waals surface area contributed by atoms with E-state index in [2.05, 4.69) is 10.6 Å². The van der Waals surface area contributed by atoms with E-state index in [1.165, 1.54) is 6.07 Å². The van der Waals surface area contributed by atoms with Gasteiger partial charge in [0.2, 0.25) is 5.91 Å². The molecule has 2 aromatic rings. The van der Waals surface area contributed by atoms with Crippen molar-refractivity contribution in [3.8, 4) is 0 Å². The Morgan fingerprint density at radius 2 is 1.95 bits per heavy atom. The molecule has 1 heterocycles. The van der Waals surface area contributed by atoms with E-state index in [1.54, 1.807) is 11.3 Å². The van der Waals surface area contributed by atoms with Crippen LogP contribution in [-0.4, -0.2) is 12.5 Å². The van der Waals surface area contributed by atoms with Crippen LogP contribution in [0.25, 0.3) is 0 Å². The quantitative estimate of drug-likeness (QED) is 0.885. The molecule has 0 aliphatic heterocycles. The summed E-state index contributed by atoms with van der Waals surface area (Å²) in [6.45, 7) is 0.528. The van der Waals surface area contributed by atoms with Crippen molar-refractivity contribution in [3.63, 3.8) is 0 Å². The number of amides is 1. The molecule has 0 unspecified atom stereocenters. The second-order valence-electron chi connectivity index (χ2n) is 3.88. The maximum absolute atomic E-state index is 13.3. The molecule has 19 heavy (non-hydrogen) atoms. The summed E-state index contributed by atoms with van der Waals surface area (Å²) in [7, 11) is 0. The van der Waals surface area contributed by atoms with E-state index in [9.17, 15) is 13.6 Å². The third kappa shape index (κ3) is 3.84. The zero-order valence-corrected chi connectivity index (χ0v) is 10.8. The van der Waals surface area contributed by atoms with Crippen LogP contribution in [0.15, 0.2) is 35.0 Å². The fourth-order valence-corrected chi connectivity index (χ4v) is 2.18. The summed E-state index contributed by atoms with van der Waals surface area (Å²) in [6.07, 6.45) is 0. The van der Waals surface area contributed by atoms with E-state index < -0.39 is 23.2 Å². The second-order valence-corrected chi connectivity index (χ2v) is 4.66. The Bertz CT molecular complexity index is 538. The van der Waals surface area contributed by atoms with Crippen LogP contribution in [0.2, 0.25) is 0 Å². The molecule has 100 valence electrons. The van der Waals surface area contributed by atoms with Gasteiger partial charge in [0, 0.05) is 6.54 Å². The molecule has 0 spiro atoms. The first-order chi connectivity index (χ1) is 9.16. The molecule has 0 aliphatic rings. The van der Waals surface area contributed by atoms with Crippen LogP contribution >= 0.6 is 11.3 Å². The number of carbonyl (C=O) groups excluding carboxylic acids is 1. The molecule has 1 aromatic carbocycles. The van der Waals surface area contributed by atoms with Crippen molar-refractivity contribution in [2.75, 3.05) is 11.9 Å². The smallest absolute Gasteiger partial charge is 0.238 e. The summed E-state index contributed by atoms with van der Waals surface area (Å²) in [5.74, 6) is -2.06. The average molecular weight is 282 g/mol. The maximum Gasteiger partial charge on any atom is 0.238 e. The Hall–Kier alpha value is -1.79. The van der Waals surface area contributed by atoms with E-state index in [1.807, 2.05) is 16.8 Å². The minimum Gasteiger partial charge on any atom is -0.320 e. The second kappa shape index (κ2) is 6.40. The summed E-state index contributed by atoms with van der Waals surface area (Å²) in [5.41, 5.74) is 0.653. The molecule has 3 nitrogen and oxygen atoms in total. The van der Waals surface area contributed by atoms with Gasteiger partial charge in [0.1, 0.15) is 17.3 Å². The Morgan fingerprint density at radius 3 is 2.58 bits per heavy atom. The lowest BCUT2D eigenvalue weighted by molar-refractivity contribution is -0.115. The lowest BCUT2D eigenvalue weighted by Crippen LogP contribution is -2.28. The van der Waals surface area contributed by atoms with Gasteiger partial charge in [-0.3, -0.25) is 4.79 Å². The van der Waals surface area contributed by atoms with Crippen LogP contribution in [0.5, 0.6) is 0 Å².